The van der Waals surface area contributed by atoms with Crippen molar-refractivity contribution in [2.75, 3.05) is 32.6 Å². The zero-order valence-electron chi connectivity index (χ0n) is 6.59. The third-order valence-corrected chi connectivity index (χ3v) is 1.85. The summed E-state index contributed by atoms with van der Waals surface area (Å²) in [4.78, 5) is 0. The standard InChI is InChI=1S/C5H14N2O2S/c1-7(2)6-4-5-10(3,8)9/h6H,4-5H2,1-3H3. The molecule has 0 radical (unpaired) electrons. The highest BCUT2D eigenvalue weighted by molar-refractivity contribution is 7.90. The van der Waals surface area contributed by atoms with Gasteiger partial charge in [0.15, 0.2) is 0 Å². The molecule has 0 amide bonds. The molecule has 0 aromatic heterocycles. The number of nitrogens with one attached hydrogen (secondary N) is 1. The molecule has 1 N–H and O–H groups in total. The van der Waals surface area contributed by atoms with E-state index < -0.39 is 9.84 Å². The molecule has 0 heterocycles. The summed E-state index contributed by atoms with van der Waals surface area (Å²) >= 11 is 0. The lowest BCUT2D eigenvalue weighted by molar-refractivity contribution is 0.299. The predicted molar refractivity (Wildman–Crippen MR) is 41.4 cm³/mol. The third kappa shape index (κ3) is 7.87. The van der Waals surface area contributed by atoms with Crippen LogP contribution in [0.4, 0.5) is 0 Å². The molecule has 62 valence electrons. The van der Waals surface area contributed by atoms with Crippen LogP contribution in [0.1, 0.15) is 0 Å². The van der Waals surface area contributed by atoms with Gasteiger partial charge >= 0.3 is 0 Å². The normalized spacial score (nSPS) is 12.4. The summed E-state index contributed by atoms with van der Waals surface area (Å²) in [6.45, 7) is 0.478. The second-order valence-electron chi connectivity index (χ2n) is 2.43. The van der Waals surface area contributed by atoms with E-state index in [2.05, 4.69) is 5.43 Å². The topological polar surface area (TPSA) is 49.4 Å². The summed E-state index contributed by atoms with van der Waals surface area (Å²) in [5.74, 6) is 0.186. The Hall–Kier alpha value is -0.130. The lowest BCUT2D eigenvalue weighted by Crippen LogP contribution is -2.34. The minimum atomic E-state index is -2.81. The number of hydrogen-bond donors (Lipinski definition) is 1. The number of nitrogens with zero attached hydrogens (tertiary/aromatic N) is 1. The molecule has 0 saturated carbocycles. The molecule has 0 aliphatic heterocycles. The molecule has 4 nitrogen and oxygen atoms in total. The van der Waals surface area contributed by atoms with Gasteiger partial charge in [0.25, 0.3) is 0 Å². The lowest BCUT2D eigenvalue weighted by atomic mass is 10.8. The number of rotatable bonds is 4. The molecule has 0 rings (SSSR count). The van der Waals surface area contributed by atoms with E-state index in [0.717, 1.165) is 0 Å². The van der Waals surface area contributed by atoms with Gasteiger partial charge < -0.3 is 0 Å². The highest BCUT2D eigenvalue weighted by atomic mass is 32.2. The fraction of sp³-hybridized carbons (Fsp3) is 1.00. The van der Waals surface area contributed by atoms with Crippen LogP contribution in [0.25, 0.3) is 0 Å². The highest BCUT2D eigenvalue weighted by Gasteiger charge is 1.99. The van der Waals surface area contributed by atoms with Crippen LogP contribution in [0.5, 0.6) is 0 Å². The fourth-order valence-electron chi connectivity index (χ4n) is 0.455. The summed E-state index contributed by atoms with van der Waals surface area (Å²) < 4.78 is 21.1. The fourth-order valence-corrected chi connectivity index (χ4v) is 0.917. The molecule has 0 atom stereocenters. The number of hydrazine groups is 1. The van der Waals surface area contributed by atoms with Gasteiger partial charge in [-0.3, -0.25) is 10.4 Å². The molecule has 0 unspecified atom stereocenters. The van der Waals surface area contributed by atoms with Gasteiger partial charge in [-0.15, -0.1) is 0 Å². The molecular formula is C5H14N2O2S. The second-order valence-corrected chi connectivity index (χ2v) is 4.69. The second kappa shape index (κ2) is 3.90. The highest BCUT2D eigenvalue weighted by Crippen LogP contribution is 1.78. The van der Waals surface area contributed by atoms with Crippen molar-refractivity contribution in [2.24, 2.45) is 0 Å². The molecule has 5 heteroatoms. The first kappa shape index (κ1) is 9.87. The Morgan fingerprint density at radius 1 is 1.40 bits per heavy atom. The van der Waals surface area contributed by atoms with Crippen LogP contribution in [-0.4, -0.2) is 46.1 Å². The van der Waals surface area contributed by atoms with Gasteiger partial charge in [0.2, 0.25) is 0 Å². The van der Waals surface area contributed by atoms with E-state index in [9.17, 15) is 8.42 Å². The van der Waals surface area contributed by atoms with Crippen molar-refractivity contribution in [3.63, 3.8) is 0 Å². The molecule has 0 spiro atoms. The van der Waals surface area contributed by atoms with E-state index in [1.807, 2.05) is 14.1 Å². The Labute approximate surface area is 62.1 Å². The first-order chi connectivity index (χ1) is 4.42. The Morgan fingerprint density at radius 2 is 1.90 bits per heavy atom. The summed E-state index contributed by atoms with van der Waals surface area (Å²) in [6, 6.07) is 0. The zero-order chi connectivity index (χ0) is 8.20. The van der Waals surface area contributed by atoms with Crippen molar-refractivity contribution < 1.29 is 8.42 Å². The first-order valence-corrected chi connectivity index (χ1v) is 5.06. The van der Waals surface area contributed by atoms with Crippen molar-refractivity contribution in [3.8, 4) is 0 Å². The van der Waals surface area contributed by atoms with Crippen molar-refractivity contribution in [3.05, 3.63) is 0 Å². The summed E-state index contributed by atoms with van der Waals surface area (Å²) in [6.07, 6.45) is 1.23. The van der Waals surface area contributed by atoms with Gasteiger partial charge in [0.05, 0.1) is 5.75 Å². The van der Waals surface area contributed by atoms with Crippen LogP contribution in [-0.2, 0) is 9.84 Å². The maximum Gasteiger partial charge on any atom is 0.148 e. The van der Waals surface area contributed by atoms with Gasteiger partial charge in [0, 0.05) is 26.9 Å². The van der Waals surface area contributed by atoms with Gasteiger partial charge in [-0.05, 0) is 0 Å². The van der Waals surface area contributed by atoms with Crippen molar-refractivity contribution >= 4 is 9.84 Å². The largest absolute Gasteiger partial charge is 0.255 e. The average Bonchev–Trinajstić information content (AvgIpc) is 1.59. The molecule has 0 fully saturated rings. The van der Waals surface area contributed by atoms with Crippen LogP contribution in [0.3, 0.4) is 0 Å². The summed E-state index contributed by atoms with van der Waals surface area (Å²) in [5, 5.41) is 1.73. The van der Waals surface area contributed by atoms with Gasteiger partial charge in [-0.2, -0.15) is 0 Å². The van der Waals surface area contributed by atoms with Gasteiger partial charge in [-0.25, -0.2) is 8.42 Å². The molecule has 10 heavy (non-hydrogen) atoms. The molecule has 0 saturated heterocycles. The van der Waals surface area contributed by atoms with Crippen molar-refractivity contribution in [1.82, 2.24) is 10.4 Å². The molecule has 0 aliphatic carbocycles. The lowest BCUT2D eigenvalue weighted by Gasteiger charge is -2.10. The number of sulfone groups is 1. The van der Waals surface area contributed by atoms with Crippen molar-refractivity contribution in [2.45, 2.75) is 0 Å². The summed E-state index contributed by atoms with van der Waals surface area (Å²) in [7, 11) is 0.834. The SMILES string of the molecule is CN(C)NCCS(C)(=O)=O. The van der Waals surface area contributed by atoms with Crippen LogP contribution in [0.15, 0.2) is 0 Å². The van der Waals surface area contributed by atoms with Crippen LogP contribution in [0, 0.1) is 0 Å². The first-order valence-electron chi connectivity index (χ1n) is 3.00. The molecule has 0 bridgehead atoms. The van der Waals surface area contributed by atoms with Crippen molar-refractivity contribution in [1.29, 1.82) is 0 Å². The minimum Gasteiger partial charge on any atom is -0.255 e. The van der Waals surface area contributed by atoms with E-state index in [4.69, 9.17) is 0 Å². The van der Waals surface area contributed by atoms with E-state index >= 15 is 0 Å². The van der Waals surface area contributed by atoms with E-state index in [-0.39, 0.29) is 5.75 Å². The number of hydrogen-bond acceptors (Lipinski definition) is 4. The Kier molecular flexibility index (Phi) is 3.85. The monoisotopic (exact) mass is 166 g/mol. The van der Waals surface area contributed by atoms with E-state index in [1.54, 1.807) is 5.01 Å². The Balaban J connectivity index is 3.39. The smallest absolute Gasteiger partial charge is 0.148 e. The zero-order valence-corrected chi connectivity index (χ0v) is 7.40. The molecule has 0 aromatic carbocycles. The maximum absolute atomic E-state index is 10.6. The van der Waals surface area contributed by atoms with Crippen LogP contribution in [0.2, 0.25) is 0 Å². The molecule has 0 aromatic rings. The Bertz CT molecular complexity index is 174. The summed E-state index contributed by atoms with van der Waals surface area (Å²) in [5.41, 5.74) is 2.86. The van der Waals surface area contributed by atoms with E-state index in [1.165, 1.54) is 6.26 Å². The predicted octanol–water partition coefficient (Wildman–Crippen LogP) is -0.903. The maximum atomic E-state index is 10.6. The quantitative estimate of drug-likeness (QED) is 0.550. The van der Waals surface area contributed by atoms with E-state index in [0.29, 0.717) is 6.54 Å². The van der Waals surface area contributed by atoms with Gasteiger partial charge in [-0.1, -0.05) is 0 Å². The molecular weight excluding hydrogens is 152 g/mol. The van der Waals surface area contributed by atoms with Crippen LogP contribution >= 0.6 is 0 Å². The van der Waals surface area contributed by atoms with Gasteiger partial charge in [0.1, 0.15) is 9.84 Å². The third-order valence-electron chi connectivity index (χ3n) is 0.901. The molecule has 0 aliphatic rings. The average molecular weight is 166 g/mol. The van der Waals surface area contributed by atoms with Crippen LogP contribution < -0.4 is 5.43 Å². The minimum absolute atomic E-state index is 0.186. The Morgan fingerprint density at radius 3 is 2.20 bits per heavy atom.